The number of ketones is 1. The second-order valence-corrected chi connectivity index (χ2v) is 12.1. The van der Waals surface area contributed by atoms with E-state index in [2.05, 4.69) is 38.8 Å². The molecule has 4 aromatic rings. The molecule has 2 saturated heterocycles. The molecule has 3 fully saturated rings. The summed E-state index contributed by atoms with van der Waals surface area (Å²) in [5.74, 6) is 1.86. The smallest absolute Gasteiger partial charge is 0.196 e. The second-order valence-electron chi connectivity index (χ2n) is 10.7. The molecule has 11 heteroatoms. The normalized spacial score (nSPS) is 22.8. The Balaban J connectivity index is 1.27. The van der Waals surface area contributed by atoms with Crippen LogP contribution in [0.3, 0.4) is 0 Å². The Labute approximate surface area is 229 Å². The first-order valence-corrected chi connectivity index (χ1v) is 14.2. The molecule has 196 valence electrons. The maximum Gasteiger partial charge on any atom is 0.196 e. The van der Waals surface area contributed by atoms with Gasteiger partial charge in [0.2, 0.25) is 0 Å². The van der Waals surface area contributed by atoms with Crippen LogP contribution in [-0.4, -0.2) is 64.0 Å². The minimum absolute atomic E-state index is 0.0619. The quantitative estimate of drug-likeness (QED) is 0.244. The molecule has 1 saturated carbocycles. The summed E-state index contributed by atoms with van der Waals surface area (Å²) in [6, 6.07) is 8.45. The SMILES string of the molecule is CCc1[nH]c2nc(Sc3ccc4c(N5CC(N)C5)cc(C(C)=O)nc4c3)nc(N3CC4C(N)C4C3)c2c1Cl. The number of benzene rings is 1. The Morgan fingerprint density at radius 3 is 2.55 bits per heavy atom. The number of rotatable bonds is 6. The zero-order valence-corrected chi connectivity index (χ0v) is 22.8. The zero-order chi connectivity index (χ0) is 26.3. The van der Waals surface area contributed by atoms with Gasteiger partial charge in [-0.3, -0.25) is 4.79 Å². The number of hydrogen-bond donors (Lipinski definition) is 3. The Kier molecular flexibility index (Phi) is 5.59. The van der Waals surface area contributed by atoms with Gasteiger partial charge < -0.3 is 26.3 Å². The van der Waals surface area contributed by atoms with E-state index in [-0.39, 0.29) is 11.8 Å². The van der Waals surface area contributed by atoms with Gasteiger partial charge in [-0.25, -0.2) is 15.0 Å². The van der Waals surface area contributed by atoms with Crippen LogP contribution in [0.5, 0.6) is 0 Å². The van der Waals surface area contributed by atoms with Crippen LogP contribution in [0.25, 0.3) is 21.9 Å². The minimum atomic E-state index is -0.0619. The van der Waals surface area contributed by atoms with Crippen molar-refractivity contribution in [1.29, 1.82) is 0 Å². The summed E-state index contributed by atoms with van der Waals surface area (Å²) in [5, 5.41) is 3.21. The second kappa shape index (κ2) is 8.81. The van der Waals surface area contributed by atoms with Crippen molar-refractivity contribution in [3.05, 3.63) is 40.7 Å². The highest BCUT2D eigenvalue weighted by molar-refractivity contribution is 7.99. The molecular weight excluding hydrogens is 520 g/mol. The van der Waals surface area contributed by atoms with E-state index in [1.807, 2.05) is 12.1 Å². The van der Waals surface area contributed by atoms with Crippen LogP contribution in [-0.2, 0) is 6.42 Å². The highest BCUT2D eigenvalue weighted by Crippen LogP contribution is 2.47. The van der Waals surface area contributed by atoms with Crippen molar-refractivity contribution in [3.63, 3.8) is 0 Å². The predicted octanol–water partition coefficient (Wildman–Crippen LogP) is 3.62. The van der Waals surface area contributed by atoms with Crippen LogP contribution < -0.4 is 21.3 Å². The van der Waals surface area contributed by atoms with Crippen LogP contribution >= 0.6 is 23.4 Å². The van der Waals surface area contributed by atoms with Crippen LogP contribution in [0.2, 0.25) is 5.02 Å². The molecule has 9 nitrogen and oxygen atoms in total. The number of fused-ring (bicyclic) bond motifs is 3. The topological polar surface area (TPSA) is 130 Å². The fourth-order valence-corrected chi connectivity index (χ4v) is 6.99. The molecule has 1 aromatic carbocycles. The van der Waals surface area contributed by atoms with Crippen molar-refractivity contribution in [2.75, 3.05) is 36.0 Å². The molecule has 7 rings (SSSR count). The van der Waals surface area contributed by atoms with Crippen molar-refractivity contribution in [2.24, 2.45) is 23.3 Å². The number of carbonyl (C=O) groups excluding carboxylic acids is 1. The fraction of sp³-hybridized carbons (Fsp3) is 0.407. The third kappa shape index (κ3) is 3.85. The Hall–Kier alpha value is -2.92. The largest absolute Gasteiger partial charge is 0.368 e. The van der Waals surface area contributed by atoms with Gasteiger partial charge in [-0.2, -0.15) is 0 Å². The van der Waals surface area contributed by atoms with E-state index in [1.165, 1.54) is 11.8 Å². The average Bonchev–Trinajstić information content (AvgIpc) is 3.20. The van der Waals surface area contributed by atoms with Crippen molar-refractivity contribution in [2.45, 2.75) is 42.4 Å². The maximum atomic E-state index is 12.2. The number of piperidine rings is 1. The van der Waals surface area contributed by atoms with Gasteiger partial charge in [0.15, 0.2) is 10.9 Å². The first kappa shape index (κ1) is 24.1. The lowest BCUT2D eigenvalue weighted by Gasteiger charge is -2.39. The first-order valence-electron chi connectivity index (χ1n) is 13.0. The number of aromatic amines is 1. The van der Waals surface area contributed by atoms with Crippen LogP contribution in [0.4, 0.5) is 11.5 Å². The third-order valence-electron chi connectivity index (χ3n) is 8.12. The third-order valence-corrected chi connectivity index (χ3v) is 9.39. The molecule has 0 amide bonds. The van der Waals surface area contributed by atoms with Gasteiger partial charge in [-0.05, 0) is 54.3 Å². The van der Waals surface area contributed by atoms with Crippen molar-refractivity contribution in [1.82, 2.24) is 19.9 Å². The van der Waals surface area contributed by atoms with Gasteiger partial charge in [0.25, 0.3) is 0 Å². The van der Waals surface area contributed by atoms with E-state index < -0.39 is 0 Å². The molecule has 0 radical (unpaired) electrons. The molecular formula is C27H29ClN8OS. The number of nitrogens with zero attached hydrogens (tertiary/aromatic N) is 5. The number of hydrogen-bond acceptors (Lipinski definition) is 9. The summed E-state index contributed by atoms with van der Waals surface area (Å²) in [7, 11) is 0. The molecule has 2 atom stereocenters. The minimum Gasteiger partial charge on any atom is -0.368 e. The molecule has 0 spiro atoms. The molecule has 38 heavy (non-hydrogen) atoms. The van der Waals surface area contributed by atoms with Gasteiger partial charge in [-0.15, -0.1) is 0 Å². The van der Waals surface area contributed by atoms with E-state index in [9.17, 15) is 4.79 Å². The summed E-state index contributed by atoms with van der Waals surface area (Å²) in [5.41, 5.74) is 16.2. The molecule has 3 aliphatic rings. The monoisotopic (exact) mass is 548 g/mol. The number of Topliss-reactive ketones (excluding diaryl/α,β-unsaturated/α-hetero) is 1. The van der Waals surface area contributed by atoms with Crippen molar-refractivity contribution >= 4 is 62.6 Å². The van der Waals surface area contributed by atoms with Gasteiger partial charge in [0.05, 0.1) is 15.9 Å². The van der Waals surface area contributed by atoms with Crippen LogP contribution in [0, 0.1) is 11.8 Å². The van der Waals surface area contributed by atoms with Crippen molar-refractivity contribution < 1.29 is 4.79 Å². The average molecular weight is 549 g/mol. The molecule has 2 aliphatic heterocycles. The molecule has 3 aromatic heterocycles. The number of nitrogens with one attached hydrogen (secondary N) is 1. The van der Waals surface area contributed by atoms with E-state index in [0.717, 1.165) is 76.6 Å². The molecule has 5 N–H and O–H groups in total. The maximum absolute atomic E-state index is 12.2. The first-order chi connectivity index (χ1) is 18.3. The Morgan fingerprint density at radius 1 is 1.11 bits per heavy atom. The number of aryl methyl sites for hydroxylation is 1. The lowest BCUT2D eigenvalue weighted by Crippen LogP contribution is -2.56. The van der Waals surface area contributed by atoms with Gasteiger partial charge in [0.1, 0.15) is 17.2 Å². The highest BCUT2D eigenvalue weighted by Gasteiger charge is 2.54. The van der Waals surface area contributed by atoms with Crippen LogP contribution in [0.15, 0.2) is 34.3 Å². The number of H-pyrrole nitrogens is 1. The Morgan fingerprint density at radius 2 is 1.87 bits per heavy atom. The molecule has 1 aliphatic carbocycles. The lowest BCUT2D eigenvalue weighted by atomic mass is 10.0. The number of anilines is 2. The predicted molar refractivity (Wildman–Crippen MR) is 152 cm³/mol. The standard InChI is InChI=1S/C27H29ClN8OS/c1-3-18-23(28)22-25(32-18)33-27(34-26(22)36-10-16-17(11-36)24(16)30)38-14-4-5-15-20(6-14)31-19(12(2)37)7-21(15)35-8-13(29)9-35/h4-7,13,16-17,24H,3,8-11,29-30H2,1-2H3,(H,32,33,34). The number of carbonyl (C=O) groups is 1. The highest BCUT2D eigenvalue weighted by atomic mass is 35.5. The summed E-state index contributed by atoms with van der Waals surface area (Å²) in [6.07, 6.45) is 0.784. The molecule has 0 bridgehead atoms. The zero-order valence-electron chi connectivity index (χ0n) is 21.2. The summed E-state index contributed by atoms with van der Waals surface area (Å²) >= 11 is 8.26. The number of halogens is 1. The van der Waals surface area contributed by atoms with Gasteiger partial charge >= 0.3 is 0 Å². The van der Waals surface area contributed by atoms with Gasteiger partial charge in [0, 0.05) is 66.8 Å². The number of nitrogens with two attached hydrogens (primary N) is 2. The van der Waals surface area contributed by atoms with E-state index in [0.29, 0.717) is 33.8 Å². The number of pyridine rings is 1. The van der Waals surface area contributed by atoms with Crippen LogP contribution in [0.1, 0.15) is 30.0 Å². The molecule has 2 unspecified atom stereocenters. The number of aromatic nitrogens is 4. The van der Waals surface area contributed by atoms with E-state index in [4.69, 9.17) is 33.0 Å². The van der Waals surface area contributed by atoms with Gasteiger partial charge in [-0.1, -0.05) is 18.5 Å². The van der Waals surface area contributed by atoms with E-state index in [1.54, 1.807) is 6.92 Å². The Bertz CT molecular complexity index is 1600. The van der Waals surface area contributed by atoms with Crippen molar-refractivity contribution in [3.8, 4) is 0 Å². The fourth-order valence-electron chi connectivity index (χ4n) is 5.84. The summed E-state index contributed by atoms with van der Waals surface area (Å²) in [4.78, 5) is 35.6. The van der Waals surface area contributed by atoms with E-state index >= 15 is 0 Å². The summed E-state index contributed by atoms with van der Waals surface area (Å²) < 4.78 is 0. The molecule has 5 heterocycles. The lowest BCUT2D eigenvalue weighted by molar-refractivity contribution is 0.101. The summed E-state index contributed by atoms with van der Waals surface area (Å²) in [6.45, 7) is 6.94.